The molecule has 0 unspecified atom stereocenters. The summed E-state index contributed by atoms with van der Waals surface area (Å²) in [4.78, 5) is 15.8. The van der Waals surface area contributed by atoms with E-state index in [1.165, 1.54) is 0 Å². The van der Waals surface area contributed by atoms with E-state index in [4.69, 9.17) is 4.74 Å². The third kappa shape index (κ3) is 1.95. The highest BCUT2D eigenvalue weighted by Crippen LogP contribution is 2.25. The lowest BCUT2D eigenvalue weighted by molar-refractivity contribution is 0.0525. The van der Waals surface area contributed by atoms with Crippen LogP contribution in [-0.2, 0) is 11.3 Å². The second-order valence-corrected chi connectivity index (χ2v) is 3.83. The number of nitrogens with one attached hydrogen (secondary N) is 2. The van der Waals surface area contributed by atoms with Gasteiger partial charge in [0.05, 0.1) is 12.2 Å². The van der Waals surface area contributed by atoms with Crippen LogP contribution in [0.25, 0.3) is 0 Å². The van der Waals surface area contributed by atoms with Crippen LogP contribution in [0.4, 0.5) is 5.82 Å². The van der Waals surface area contributed by atoms with Gasteiger partial charge in [0, 0.05) is 12.1 Å². The van der Waals surface area contributed by atoms with E-state index in [-0.39, 0.29) is 5.97 Å². The number of halogens is 1. The van der Waals surface area contributed by atoms with E-state index in [0.29, 0.717) is 29.1 Å². The lowest BCUT2D eigenvalue weighted by Crippen LogP contribution is -2.12. The molecule has 0 aliphatic carbocycles. The third-order valence-electron chi connectivity index (χ3n) is 2.06. The number of hydrogen-bond acceptors (Lipinski definition) is 5. The summed E-state index contributed by atoms with van der Waals surface area (Å²) in [7, 11) is 0. The summed E-state index contributed by atoms with van der Waals surface area (Å²) in [6.45, 7) is 2.73. The molecule has 0 atom stereocenters. The molecule has 0 saturated heterocycles. The van der Waals surface area contributed by atoms with Crippen molar-refractivity contribution in [1.29, 1.82) is 0 Å². The van der Waals surface area contributed by atoms with Crippen molar-refractivity contribution >= 4 is 27.7 Å². The fourth-order valence-corrected chi connectivity index (χ4v) is 1.84. The van der Waals surface area contributed by atoms with Gasteiger partial charge in [-0.3, -0.25) is 0 Å². The molecule has 2 N–H and O–H groups in total. The molecular formula is C9H10BrN3O2. The van der Waals surface area contributed by atoms with Crippen LogP contribution in [0.15, 0.2) is 10.7 Å². The number of hydrazine groups is 1. The van der Waals surface area contributed by atoms with Crippen molar-refractivity contribution in [3.8, 4) is 0 Å². The van der Waals surface area contributed by atoms with Crippen LogP contribution >= 0.6 is 15.9 Å². The standard InChI is InChI=1S/C9H10BrN3O2/c1-2-15-9(14)5-3-7(10)12-8-6(5)4-11-13-8/h3,11H,2,4H2,1H3,(H,12,13). The van der Waals surface area contributed by atoms with Crippen molar-refractivity contribution in [2.75, 3.05) is 12.0 Å². The van der Waals surface area contributed by atoms with Gasteiger partial charge in [0.25, 0.3) is 0 Å². The molecule has 0 bridgehead atoms. The zero-order valence-corrected chi connectivity index (χ0v) is 9.72. The first-order chi connectivity index (χ1) is 7.22. The highest BCUT2D eigenvalue weighted by Gasteiger charge is 2.21. The minimum Gasteiger partial charge on any atom is -0.462 e. The van der Waals surface area contributed by atoms with Crippen LogP contribution in [0.1, 0.15) is 22.8 Å². The van der Waals surface area contributed by atoms with Crippen LogP contribution < -0.4 is 10.9 Å². The normalized spacial score (nSPS) is 13.2. The minimum absolute atomic E-state index is 0.317. The Hall–Kier alpha value is -1.14. The largest absolute Gasteiger partial charge is 0.462 e. The molecule has 15 heavy (non-hydrogen) atoms. The summed E-state index contributed by atoms with van der Waals surface area (Å²) in [6.07, 6.45) is 0. The number of aromatic nitrogens is 1. The Bertz CT molecular complexity index is 409. The predicted molar refractivity (Wildman–Crippen MR) is 58.4 cm³/mol. The van der Waals surface area contributed by atoms with Crippen molar-refractivity contribution < 1.29 is 9.53 Å². The summed E-state index contributed by atoms with van der Waals surface area (Å²) in [5.74, 6) is 0.356. The zero-order valence-electron chi connectivity index (χ0n) is 8.13. The van der Waals surface area contributed by atoms with Crippen molar-refractivity contribution in [3.63, 3.8) is 0 Å². The molecule has 5 nitrogen and oxygen atoms in total. The van der Waals surface area contributed by atoms with Crippen molar-refractivity contribution in [1.82, 2.24) is 10.4 Å². The lowest BCUT2D eigenvalue weighted by atomic mass is 10.1. The molecule has 0 amide bonds. The molecule has 1 aromatic rings. The molecular weight excluding hydrogens is 262 g/mol. The highest BCUT2D eigenvalue weighted by atomic mass is 79.9. The molecule has 0 aromatic carbocycles. The van der Waals surface area contributed by atoms with Gasteiger partial charge in [-0.25, -0.2) is 15.2 Å². The summed E-state index contributed by atoms with van der Waals surface area (Å²) in [5.41, 5.74) is 7.18. The number of fused-ring (bicyclic) bond motifs is 1. The SMILES string of the molecule is CCOC(=O)c1cc(Br)nc2c1CNN2. The van der Waals surface area contributed by atoms with Gasteiger partial charge in [-0.2, -0.15) is 0 Å². The first-order valence-electron chi connectivity index (χ1n) is 4.57. The van der Waals surface area contributed by atoms with E-state index in [9.17, 15) is 4.79 Å². The van der Waals surface area contributed by atoms with E-state index < -0.39 is 0 Å². The van der Waals surface area contributed by atoms with Crippen molar-refractivity contribution in [2.45, 2.75) is 13.5 Å². The minimum atomic E-state index is -0.317. The number of pyridine rings is 1. The summed E-state index contributed by atoms with van der Waals surface area (Å²) < 4.78 is 5.58. The molecule has 0 fully saturated rings. The number of ether oxygens (including phenoxy) is 1. The van der Waals surface area contributed by atoms with Crippen LogP contribution in [0.2, 0.25) is 0 Å². The molecule has 2 rings (SSSR count). The Morgan fingerprint density at radius 2 is 2.53 bits per heavy atom. The molecule has 0 radical (unpaired) electrons. The van der Waals surface area contributed by atoms with Crippen molar-refractivity contribution in [2.24, 2.45) is 0 Å². The van der Waals surface area contributed by atoms with Gasteiger partial charge in [0.1, 0.15) is 10.4 Å². The fourth-order valence-electron chi connectivity index (χ4n) is 1.43. The van der Waals surface area contributed by atoms with Gasteiger partial charge in [-0.1, -0.05) is 0 Å². The zero-order chi connectivity index (χ0) is 10.8. The Balaban J connectivity index is 2.42. The van der Waals surface area contributed by atoms with Gasteiger partial charge >= 0.3 is 5.97 Å². The van der Waals surface area contributed by atoms with Gasteiger partial charge in [0.15, 0.2) is 0 Å². The Labute approximate surface area is 95.3 Å². The van der Waals surface area contributed by atoms with E-state index >= 15 is 0 Å². The maximum absolute atomic E-state index is 11.6. The third-order valence-corrected chi connectivity index (χ3v) is 2.47. The Kier molecular flexibility index (Phi) is 2.88. The van der Waals surface area contributed by atoms with E-state index in [1.54, 1.807) is 13.0 Å². The first kappa shape index (κ1) is 10.4. The Morgan fingerprint density at radius 3 is 3.27 bits per heavy atom. The number of nitrogens with zero attached hydrogens (tertiary/aromatic N) is 1. The number of carbonyl (C=O) groups excluding carboxylic acids is 1. The molecule has 0 spiro atoms. The number of esters is 1. The van der Waals surface area contributed by atoms with E-state index in [2.05, 4.69) is 31.8 Å². The van der Waals surface area contributed by atoms with Crippen LogP contribution in [0.5, 0.6) is 0 Å². The number of carbonyl (C=O) groups is 1. The summed E-state index contributed by atoms with van der Waals surface area (Å²) in [6, 6.07) is 1.67. The quantitative estimate of drug-likeness (QED) is 0.630. The average molecular weight is 272 g/mol. The highest BCUT2D eigenvalue weighted by molar-refractivity contribution is 9.10. The van der Waals surface area contributed by atoms with E-state index in [1.807, 2.05) is 0 Å². The Morgan fingerprint density at radius 1 is 1.73 bits per heavy atom. The number of rotatable bonds is 2. The van der Waals surface area contributed by atoms with E-state index in [0.717, 1.165) is 5.56 Å². The molecule has 6 heteroatoms. The predicted octanol–water partition coefficient (Wildman–Crippen LogP) is 1.45. The topological polar surface area (TPSA) is 63.2 Å². The van der Waals surface area contributed by atoms with Gasteiger partial charge in [0.2, 0.25) is 0 Å². The van der Waals surface area contributed by atoms with Crippen LogP contribution in [-0.4, -0.2) is 17.6 Å². The lowest BCUT2D eigenvalue weighted by Gasteiger charge is -2.06. The summed E-state index contributed by atoms with van der Waals surface area (Å²) in [5, 5.41) is 0. The summed E-state index contributed by atoms with van der Waals surface area (Å²) >= 11 is 3.25. The number of hydrogen-bond donors (Lipinski definition) is 2. The molecule has 1 aliphatic heterocycles. The van der Waals surface area contributed by atoms with Crippen LogP contribution in [0, 0.1) is 0 Å². The first-order valence-corrected chi connectivity index (χ1v) is 5.37. The van der Waals surface area contributed by atoms with Gasteiger partial charge < -0.3 is 10.2 Å². The van der Waals surface area contributed by atoms with Crippen LogP contribution in [0.3, 0.4) is 0 Å². The smallest absolute Gasteiger partial charge is 0.338 e. The van der Waals surface area contributed by atoms with Gasteiger partial charge in [-0.05, 0) is 28.9 Å². The van der Waals surface area contributed by atoms with Gasteiger partial charge in [-0.15, -0.1) is 0 Å². The molecule has 2 heterocycles. The second kappa shape index (κ2) is 4.16. The fraction of sp³-hybridized carbons (Fsp3) is 0.333. The molecule has 1 aliphatic rings. The molecule has 1 aromatic heterocycles. The van der Waals surface area contributed by atoms with Crippen molar-refractivity contribution in [3.05, 3.63) is 21.8 Å². The maximum Gasteiger partial charge on any atom is 0.338 e. The second-order valence-electron chi connectivity index (χ2n) is 3.02. The maximum atomic E-state index is 11.6. The number of anilines is 1. The molecule has 0 saturated carbocycles. The monoisotopic (exact) mass is 271 g/mol. The molecule has 80 valence electrons. The average Bonchev–Trinajstić information content (AvgIpc) is 2.64.